The topological polar surface area (TPSA) is 35.6 Å². The first kappa shape index (κ1) is 18.3. The predicted molar refractivity (Wildman–Crippen MR) is 93.5 cm³/mol. The molecule has 26 heavy (non-hydrogen) atoms. The molecule has 0 bridgehead atoms. The zero-order valence-corrected chi connectivity index (χ0v) is 14.2. The van der Waals surface area contributed by atoms with Gasteiger partial charge in [0.2, 0.25) is 0 Å². The Balaban J connectivity index is 1.46. The highest BCUT2D eigenvalue weighted by Gasteiger charge is 2.21. The molecule has 0 radical (unpaired) electrons. The third-order valence-corrected chi connectivity index (χ3v) is 4.49. The number of amides is 2. The first-order valence-corrected chi connectivity index (χ1v) is 8.49. The van der Waals surface area contributed by atoms with E-state index in [0.717, 1.165) is 18.7 Å². The maximum absolute atomic E-state index is 13.6. The van der Waals surface area contributed by atoms with Crippen LogP contribution >= 0.6 is 0 Å². The summed E-state index contributed by atoms with van der Waals surface area (Å²) in [5.41, 5.74) is 0.905. The molecule has 1 saturated heterocycles. The van der Waals surface area contributed by atoms with E-state index in [9.17, 15) is 18.0 Å². The number of urea groups is 1. The second kappa shape index (κ2) is 8.23. The molecule has 1 N–H and O–H groups in total. The molecule has 1 aliphatic heterocycles. The van der Waals surface area contributed by atoms with Crippen molar-refractivity contribution >= 4 is 11.7 Å². The molecule has 1 aliphatic rings. The van der Waals surface area contributed by atoms with Crippen LogP contribution in [0, 0.1) is 17.5 Å². The fourth-order valence-corrected chi connectivity index (χ4v) is 2.93. The number of nitrogens with zero attached hydrogens (tertiary/aromatic N) is 2. The van der Waals surface area contributed by atoms with E-state index in [-0.39, 0.29) is 17.5 Å². The molecule has 0 spiro atoms. The van der Waals surface area contributed by atoms with Crippen LogP contribution in [0.2, 0.25) is 0 Å². The summed E-state index contributed by atoms with van der Waals surface area (Å²) < 4.78 is 39.8. The van der Waals surface area contributed by atoms with Gasteiger partial charge in [0.25, 0.3) is 0 Å². The lowest BCUT2D eigenvalue weighted by molar-refractivity contribution is 0.148. The number of piperazine rings is 1. The minimum atomic E-state index is -0.999. The molecule has 138 valence electrons. The number of carbonyl (C=O) groups excluding carboxylic acids is 1. The SMILES string of the molecule is O=C(Nc1ccc(F)c(F)c1)N1CCN(CCc2ccccc2F)CC1. The third kappa shape index (κ3) is 4.54. The lowest BCUT2D eigenvalue weighted by Gasteiger charge is -2.34. The largest absolute Gasteiger partial charge is 0.322 e. The predicted octanol–water partition coefficient (Wildman–Crippen LogP) is 3.50. The molecule has 2 aromatic rings. The first-order valence-electron chi connectivity index (χ1n) is 8.49. The molecule has 1 fully saturated rings. The fraction of sp³-hybridized carbons (Fsp3) is 0.316. The number of benzene rings is 2. The van der Waals surface area contributed by atoms with E-state index in [4.69, 9.17) is 0 Å². The molecule has 0 aromatic heterocycles. The number of nitrogens with one attached hydrogen (secondary N) is 1. The monoisotopic (exact) mass is 363 g/mol. The molecule has 3 rings (SSSR count). The van der Waals surface area contributed by atoms with Gasteiger partial charge in [0.05, 0.1) is 0 Å². The normalized spacial score (nSPS) is 15.1. The maximum atomic E-state index is 13.6. The van der Waals surface area contributed by atoms with Crippen LogP contribution in [0.25, 0.3) is 0 Å². The van der Waals surface area contributed by atoms with E-state index in [1.54, 1.807) is 17.0 Å². The number of anilines is 1. The molecule has 0 aliphatic carbocycles. The summed E-state index contributed by atoms with van der Waals surface area (Å²) in [5, 5.41) is 2.57. The Labute approximate surface area is 150 Å². The number of halogens is 3. The average molecular weight is 363 g/mol. The van der Waals surface area contributed by atoms with Gasteiger partial charge in [0.1, 0.15) is 5.82 Å². The summed E-state index contributed by atoms with van der Waals surface area (Å²) in [7, 11) is 0. The highest BCUT2D eigenvalue weighted by molar-refractivity contribution is 5.89. The average Bonchev–Trinajstić information content (AvgIpc) is 2.64. The second-order valence-electron chi connectivity index (χ2n) is 6.23. The highest BCUT2D eigenvalue weighted by atomic mass is 19.2. The van der Waals surface area contributed by atoms with Gasteiger partial charge in [0.15, 0.2) is 11.6 Å². The van der Waals surface area contributed by atoms with Crippen molar-refractivity contribution in [3.63, 3.8) is 0 Å². The van der Waals surface area contributed by atoms with E-state index < -0.39 is 11.6 Å². The fourth-order valence-electron chi connectivity index (χ4n) is 2.93. The number of carbonyl (C=O) groups is 1. The molecule has 0 unspecified atom stereocenters. The van der Waals surface area contributed by atoms with Crippen LogP contribution in [0.3, 0.4) is 0 Å². The molecule has 4 nitrogen and oxygen atoms in total. The van der Waals surface area contributed by atoms with Crippen molar-refractivity contribution in [1.82, 2.24) is 9.80 Å². The lowest BCUT2D eigenvalue weighted by atomic mass is 10.1. The molecule has 2 aromatic carbocycles. The summed E-state index contributed by atoms with van der Waals surface area (Å²) in [4.78, 5) is 16.0. The molecule has 2 amide bonds. The Bertz CT molecular complexity index is 776. The second-order valence-corrected chi connectivity index (χ2v) is 6.23. The van der Waals surface area contributed by atoms with Crippen LogP contribution in [-0.4, -0.2) is 48.6 Å². The van der Waals surface area contributed by atoms with Gasteiger partial charge < -0.3 is 10.2 Å². The highest BCUT2D eigenvalue weighted by Crippen LogP contribution is 2.15. The van der Waals surface area contributed by atoms with Gasteiger partial charge >= 0.3 is 6.03 Å². The van der Waals surface area contributed by atoms with Gasteiger partial charge in [-0.25, -0.2) is 18.0 Å². The molecule has 0 atom stereocenters. The number of hydrogen-bond donors (Lipinski definition) is 1. The molecule has 0 saturated carbocycles. The molecular formula is C19H20F3N3O. The van der Waals surface area contributed by atoms with Crippen LogP contribution < -0.4 is 5.32 Å². The van der Waals surface area contributed by atoms with E-state index in [1.165, 1.54) is 12.1 Å². The lowest BCUT2D eigenvalue weighted by Crippen LogP contribution is -2.50. The van der Waals surface area contributed by atoms with E-state index in [0.29, 0.717) is 38.2 Å². The van der Waals surface area contributed by atoms with Gasteiger partial charge in [-0.2, -0.15) is 0 Å². The standard InChI is InChI=1S/C19H20F3N3O/c20-16-4-2-1-3-14(16)7-8-24-9-11-25(12-10-24)19(26)23-15-5-6-17(21)18(22)13-15/h1-6,13H,7-12H2,(H,23,26). The van der Waals surface area contributed by atoms with Gasteiger partial charge in [0, 0.05) is 44.5 Å². The minimum Gasteiger partial charge on any atom is -0.322 e. The summed E-state index contributed by atoms with van der Waals surface area (Å²) in [6, 6.07) is 9.63. The van der Waals surface area contributed by atoms with Crippen molar-refractivity contribution in [2.45, 2.75) is 6.42 Å². The van der Waals surface area contributed by atoms with Crippen molar-refractivity contribution in [3.8, 4) is 0 Å². The quantitative estimate of drug-likeness (QED) is 0.903. The maximum Gasteiger partial charge on any atom is 0.321 e. The van der Waals surface area contributed by atoms with Gasteiger partial charge in [-0.05, 0) is 30.2 Å². The number of rotatable bonds is 4. The summed E-state index contributed by atoms with van der Waals surface area (Å²) in [5.74, 6) is -2.15. The van der Waals surface area contributed by atoms with Crippen molar-refractivity contribution in [2.24, 2.45) is 0 Å². The van der Waals surface area contributed by atoms with Crippen molar-refractivity contribution in [1.29, 1.82) is 0 Å². The third-order valence-electron chi connectivity index (χ3n) is 4.49. The van der Waals surface area contributed by atoms with Crippen LogP contribution in [0.15, 0.2) is 42.5 Å². The summed E-state index contributed by atoms with van der Waals surface area (Å²) >= 11 is 0. The summed E-state index contributed by atoms with van der Waals surface area (Å²) in [6.07, 6.45) is 0.619. The Morgan fingerprint density at radius 1 is 0.923 bits per heavy atom. The molecule has 7 heteroatoms. The van der Waals surface area contributed by atoms with Crippen LogP contribution in [0.5, 0.6) is 0 Å². The Hall–Kier alpha value is -2.54. The van der Waals surface area contributed by atoms with E-state index in [1.807, 2.05) is 6.07 Å². The van der Waals surface area contributed by atoms with E-state index in [2.05, 4.69) is 10.2 Å². The number of hydrogen-bond acceptors (Lipinski definition) is 2. The van der Waals surface area contributed by atoms with Gasteiger partial charge in [-0.3, -0.25) is 4.90 Å². The zero-order chi connectivity index (χ0) is 18.5. The van der Waals surface area contributed by atoms with Crippen molar-refractivity contribution < 1.29 is 18.0 Å². The van der Waals surface area contributed by atoms with Crippen molar-refractivity contribution in [2.75, 3.05) is 38.0 Å². The molecule has 1 heterocycles. The van der Waals surface area contributed by atoms with Crippen LogP contribution in [-0.2, 0) is 6.42 Å². The van der Waals surface area contributed by atoms with Crippen molar-refractivity contribution in [3.05, 3.63) is 65.5 Å². The van der Waals surface area contributed by atoms with E-state index >= 15 is 0 Å². The summed E-state index contributed by atoms with van der Waals surface area (Å²) in [6.45, 7) is 3.12. The first-order chi connectivity index (χ1) is 12.5. The molecular weight excluding hydrogens is 343 g/mol. The Morgan fingerprint density at radius 2 is 1.65 bits per heavy atom. The van der Waals surface area contributed by atoms with Crippen LogP contribution in [0.1, 0.15) is 5.56 Å². The van der Waals surface area contributed by atoms with Gasteiger partial charge in [-0.15, -0.1) is 0 Å². The smallest absolute Gasteiger partial charge is 0.321 e. The van der Waals surface area contributed by atoms with Crippen LogP contribution in [0.4, 0.5) is 23.7 Å². The minimum absolute atomic E-state index is 0.197. The van der Waals surface area contributed by atoms with Gasteiger partial charge in [-0.1, -0.05) is 18.2 Å². The Kier molecular flexibility index (Phi) is 5.78. The zero-order valence-electron chi connectivity index (χ0n) is 14.2. The Morgan fingerprint density at radius 3 is 2.35 bits per heavy atom.